The van der Waals surface area contributed by atoms with Gasteiger partial charge in [-0.3, -0.25) is 4.79 Å². The van der Waals surface area contributed by atoms with Crippen molar-refractivity contribution in [3.8, 4) is 11.8 Å². The number of carbonyl (C=O) groups is 1. The fourth-order valence-corrected chi connectivity index (χ4v) is 1.52. The van der Waals surface area contributed by atoms with Gasteiger partial charge in [0.2, 0.25) is 0 Å². The Balaban J connectivity index is 2.15. The molecular formula is C15H10F2N2O2. The van der Waals surface area contributed by atoms with Crippen molar-refractivity contribution in [1.29, 1.82) is 0 Å². The highest BCUT2D eigenvalue weighted by molar-refractivity contribution is 6.02. The number of amides is 1. The highest BCUT2D eigenvalue weighted by Crippen LogP contribution is 2.16. The summed E-state index contributed by atoms with van der Waals surface area (Å²) in [6.07, 6.45) is 1.35. The van der Waals surface area contributed by atoms with E-state index in [1.165, 1.54) is 18.3 Å². The maximum atomic E-state index is 13.4. The minimum atomic E-state index is -0.741. The minimum absolute atomic E-state index is 0.0354. The van der Waals surface area contributed by atoms with Gasteiger partial charge >= 0.3 is 0 Å². The second-order valence-corrected chi connectivity index (χ2v) is 3.97. The van der Waals surface area contributed by atoms with Gasteiger partial charge in [0.15, 0.2) is 0 Å². The van der Waals surface area contributed by atoms with Gasteiger partial charge in [-0.05, 0) is 24.3 Å². The number of aliphatic hydroxyl groups excluding tert-OH is 1. The summed E-state index contributed by atoms with van der Waals surface area (Å²) in [4.78, 5) is 15.7. The first-order valence-electron chi connectivity index (χ1n) is 5.92. The Hall–Kier alpha value is -2.78. The van der Waals surface area contributed by atoms with E-state index < -0.39 is 17.5 Å². The van der Waals surface area contributed by atoms with Crippen LogP contribution >= 0.6 is 0 Å². The number of aliphatic hydroxyl groups is 1. The Labute approximate surface area is 119 Å². The van der Waals surface area contributed by atoms with Crippen molar-refractivity contribution < 1.29 is 18.7 Å². The van der Waals surface area contributed by atoms with Crippen LogP contribution in [0.25, 0.3) is 0 Å². The lowest BCUT2D eigenvalue weighted by molar-refractivity contribution is 0.102. The first-order chi connectivity index (χ1) is 10.1. The summed E-state index contributed by atoms with van der Waals surface area (Å²) in [5, 5.41) is 10.8. The summed E-state index contributed by atoms with van der Waals surface area (Å²) < 4.78 is 26.4. The van der Waals surface area contributed by atoms with E-state index in [0.29, 0.717) is 5.56 Å². The van der Waals surface area contributed by atoms with E-state index in [1.807, 2.05) is 0 Å². The summed E-state index contributed by atoms with van der Waals surface area (Å²) in [5.41, 5.74) is 0.302. The number of aromatic nitrogens is 1. The summed E-state index contributed by atoms with van der Waals surface area (Å²) >= 11 is 0. The monoisotopic (exact) mass is 288 g/mol. The molecule has 0 radical (unpaired) electrons. The number of hydrogen-bond donors (Lipinski definition) is 2. The average molecular weight is 288 g/mol. The molecule has 1 aromatic heterocycles. The lowest BCUT2D eigenvalue weighted by Gasteiger charge is -2.06. The predicted octanol–water partition coefficient (Wildman–Crippen LogP) is 1.96. The van der Waals surface area contributed by atoms with Crippen LogP contribution in [-0.2, 0) is 0 Å². The van der Waals surface area contributed by atoms with Gasteiger partial charge in [0.1, 0.15) is 23.9 Å². The molecule has 1 aromatic carbocycles. The molecule has 0 saturated carbocycles. The topological polar surface area (TPSA) is 62.2 Å². The smallest absolute Gasteiger partial charge is 0.274 e. The molecule has 0 fully saturated rings. The normalized spacial score (nSPS) is 9.67. The number of hydrogen-bond acceptors (Lipinski definition) is 3. The molecule has 1 heterocycles. The van der Waals surface area contributed by atoms with E-state index in [0.717, 1.165) is 18.2 Å². The Morgan fingerprint density at radius 1 is 1.29 bits per heavy atom. The fourth-order valence-electron chi connectivity index (χ4n) is 1.52. The first-order valence-corrected chi connectivity index (χ1v) is 5.92. The average Bonchev–Trinajstić information content (AvgIpc) is 2.49. The molecule has 4 nitrogen and oxygen atoms in total. The second kappa shape index (κ2) is 6.59. The molecule has 0 unspecified atom stereocenters. The van der Waals surface area contributed by atoms with E-state index in [1.54, 1.807) is 0 Å². The largest absolute Gasteiger partial charge is 0.384 e. The van der Waals surface area contributed by atoms with Gasteiger partial charge in [-0.1, -0.05) is 11.8 Å². The van der Waals surface area contributed by atoms with Crippen LogP contribution in [0.1, 0.15) is 16.1 Å². The molecule has 2 rings (SSSR count). The van der Waals surface area contributed by atoms with Crippen LogP contribution in [0, 0.1) is 23.5 Å². The van der Waals surface area contributed by atoms with Crippen LogP contribution in [0.4, 0.5) is 14.5 Å². The summed E-state index contributed by atoms with van der Waals surface area (Å²) in [5.74, 6) is 3.00. The molecule has 2 N–H and O–H groups in total. The molecule has 0 saturated heterocycles. The SMILES string of the molecule is O=C(Nc1cc(F)ccc1F)c1ccc(C#CCO)cn1. The van der Waals surface area contributed by atoms with Crippen molar-refractivity contribution >= 4 is 11.6 Å². The minimum Gasteiger partial charge on any atom is -0.384 e. The third kappa shape index (κ3) is 3.84. The van der Waals surface area contributed by atoms with Gasteiger partial charge in [-0.15, -0.1) is 0 Å². The van der Waals surface area contributed by atoms with Crippen molar-refractivity contribution in [2.75, 3.05) is 11.9 Å². The van der Waals surface area contributed by atoms with Crippen LogP contribution in [0.15, 0.2) is 36.5 Å². The third-order valence-electron chi connectivity index (χ3n) is 2.48. The van der Waals surface area contributed by atoms with Gasteiger partial charge < -0.3 is 10.4 Å². The van der Waals surface area contributed by atoms with Crippen molar-refractivity contribution in [2.24, 2.45) is 0 Å². The molecule has 6 heteroatoms. The number of pyridine rings is 1. The fraction of sp³-hybridized carbons (Fsp3) is 0.0667. The highest BCUT2D eigenvalue weighted by Gasteiger charge is 2.11. The van der Waals surface area contributed by atoms with Gasteiger partial charge in [-0.2, -0.15) is 0 Å². The highest BCUT2D eigenvalue weighted by atomic mass is 19.1. The zero-order valence-corrected chi connectivity index (χ0v) is 10.7. The first kappa shape index (κ1) is 14.6. The van der Waals surface area contributed by atoms with Crippen molar-refractivity contribution in [1.82, 2.24) is 4.98 Å². The molecule has 0 atom stereocenters. The molecule has 0 aliphatic carbocycles. The van der Waals surface area contributed by atoms with Crippen molar-refractivity contribution in [3.63, 3.8) is 0 Å². The summed E-state index contributed by atoms with van der Waals surface area (Å²) in [6.45, 7) is -0.277. The molecule has 2 aromatic rings. The number of rotatable bonds is 2. The van der Waals surface area contributed by atoms with E-state index in [9.17, 15) is 13.6 Å². The number of carbonyl (C=O) groups excluding carboxylic acids is 1. The molecule has 21 heavy (non-hydrogen) atoms. The third-order valence-corrected chi connectivity index (χ3v) is 2.48. The van der Waals surface area contributed by atoms with Crippen LogP contribution in [0.3, 0.4) is 0 Å². The quantitative estimate of drug-likeness (QED) is 0.830. The van der Waals surface area contributed by atoms with E-state index in [2.05, 4.69) is 22.1 Å². The van der Waals surface area contributed by atoms with Crippen molar-refractivity contribution in [3.05, 3.63) is 59.4 Å². The second-order valence-electron chi connectivity index (χ2n) is 3.97. The maximum absolute atomic E-state index is 13.4. The van der Waals surface area contributed by atoms with Gasteiger partial charge in [0, 0.05) is 17.8 Å². The maximum Gasteiger partial charge on any atom is 0.274 e. The molecular weight excluding hydrogens is 278 g/mol. The lowest BCUT2D eigenvalue weighted by Crippen LogP contribution is -2.14. The number of benzene rings is 1. The number of halogens is 2. The number of anilines is 1. The Morgan fingerprint density at radius 3 is 2.76 bits per heavy atom. The summed E-state index contributed by atoms with van der Waals surface area (Å²) in [6, 6.07) is 5.69. The number of nitrogens with one attached hydrogen (secondary N) is 1. The molecule has 1 amide bonds. The molecule has 106 valence electrons. The molecule has 0 bridgehead atoms. The van der Waals surface area contributed by atoms with Gasteiger partial charge in [0.05, 0.1) is 5.69 Å². The molecule has 0 spiro atoms. The standard InChI is InChI=1S/C15H10F2N2O2/c16-11-4-5-12(17)14(8-11)19-15(21)13-6-3-10(9-18-13)2-1-7-20/h3-6,8-9,20H,7H2,(H,19,21). The van der Waals surface area contributed by atoms with Crippen LogP contribution in [0.5, 0.6) is 0 Å². The Bertz CT molecular complexity index is 719. The zero-order valence-electron chi connectivity index (χ0n) is 10.7. The van der Waals surface area contributed by atoms with Crippen LogP contribution in [-0.4, -0.2) is 22.6 Å². The van der Waals surface area contributed by atoms with Gasteiger partial charge in [0.25, 0.3) is 5.91 Å². The predicted molar refractivity (Wildman–Crippen MR) is 72.5 cm³/mol. The Kier molecular flexibility index (Phi) is 4.59. The van der Waals surface area contributed by atoms with Crippen LogP contribution < -0.4 is 5.32 Å². The zero-order chi connectivity index (χ0) is 15.2. The molecule has 0 aliphatic rings. The van der Waals surface area contributed by atoms with E-state index in [4.69, 9.17) is 5.11 Å². The molecule has 0 aliphatic heterocycles. The van der Waals surface area contributed by atoms with Crippen LogP contribution in [0.2, 0.25) is 0 Å². The van der Waals surface area contributed by atoms with E-state index >= 15 is 0 Å². The Morgan fingerprint density at radius 2 is 2.10 bits per heavy atom. The van der Waals surface area contributed by atoms with E-state index in [-0.39, 0.29) is 18.0 Å². The van der Waals surface area contributed by atoms with Gasteiger partial charge in [-0.25, -0.2) is 13.8 Å². The lowest BCUT2D eigenvalue weighted by atomic mass is 10.2. The summed E-state index contributed by atoms with van der Waals surface area (Å²) in [7, 11) is 0. The van der Waals surface area contributed by atoms with Crippen molar-refractivity contribution in [2.45, 2.75) is 0 Å². The number of nitrogens with zero attached hydrogens (tertiary/aromatic N) is 1.